The first-order valence-corrected chi connectivity index (χ1v) is 11.9. The van der Waals surface area contributed by atoms with E-state index in [-0.39, 0.29) is 11.8 Å². The quantitative estimate of drug-likeness (QED) is 0.652. The number of nitrogens with zero attached hydrogens (tertiary/aromatic N) is 4. The highest BCUT2D eigenvalue weighted by Crippen LogP contribution is 2.44. The highest BCUT2D eigenvalue weighted by molar-refractivity contribution is 5.96. The number of rotatable bonds is 3. The number of carbonyl (C=O) groups is 1. The molecule has 6 rings (SSSR count). The maximum Gasteiger partial charge on any atom is 0.317 e. The Bertz CT molecular complexity index is 1230. The van der Waals surface area contributed by atoms with Gasteiger partial charge in [-0.1, -0.05) is 6.07 Å². The number of amides is 2. The number of benzene rings is 1. The first-order valence-electron chi connectivity index (χ1n) is 11.9. The lowest BCUT2D eigenvalue weighted by Gasteiger charge is -2.29. The van der Waals surface area contributed by atoms with Gasteiger partial charge in [0.05, 0.1) is 17.9 Å². The number of carbonyl (C=O) groups excluding carboxylic acids is 1. The molecule has 2 amide bonds. The van der Waals surface area contributed by atoms with Gasteiger partial charge in [-0.15, -0.1) is 0 Å². The van der Waals surface area contributed by atoms with Crippen molar-refractivity contribution in [3.05, 3.63) is 47.4 Å². The van der Waals surface area contributed by atoms with Gasteiger partial charge in [0.2, 0.25) is 0 Å². The van der Waals surface area contributed by atoms with Crippen molar-refractivity contribution in [1.82, 2.24) is 24.8 Å². The van der Waals surface area contributed by atoms with Crippen LogP contribution in [0.4, 0.5) is 9.18 Å². The summed E-state index contributed by atoms with van der Waals surface area (Å²) in [7, 11) is 1.64. The van der Waals surface area contributed by atoms with Gasteiger partial charge in [-0.2, -0.15) is 0 Å². The molecule has 33 heavy (non-hydrogen) atoms. The van der Waals surface area contributed by atoms with Crippen molar-refractivity contribution in [2.24, 2.45) is 0 Å². The summed E-state index contributed by atoms with van der Waals surface area (Å²) in [5, 5.41) is 4.45. The zero-order valence-electron chi connectivity index (χ0n) is 18.8. The fraction of sp³-hybridized carbons (Fsp3) is 0.480. The molecule has 8 heteroatoms. The topological polar surface area (TPSA) is 72.3 Å². The minimum absolute atomic E-state index is 0.123. The molecule has 7 nitrogen and oxygen atoms in total. The van der Waals surface area contributed by atoms with Crippen LogP contribution in [0.25, 0.3) is 22.0 Å². The largest absolute Gasteiger partial charge is 0.381 e. The minimum Gasteiger partial charge on any atom is -0.381 e. The maximum absolute atomic E-state index is 15.4. The second-order valence-corrected chi connectivity index (χ2v) is 9.31. The van der Waals surface area contributed by atoms with Crippen LogP contribution in [0.1, 0.15) is 54.7 Å². The van der Waals surface area contributed by atoms with E-state index < -0.39 is 0 Å². The molecule has 3 aromatic rings. The van der Waals surface area contributed by atoms with Crippen molar-refractivity contribution >= 4 is 16.8 Å². The van der Waals surface area contributed by atoms with Gasteiger partial charge in [-0.05, 0) is 43.2 Å². The number of fused-ring (bicyclic) bond motifs is 2. The van der Waals surface area contributed by atoms with E-state index in [9.17, 15) is 4.79 Å². The molecule has 0 atom stereocenters. The summed E-state index contributed by atoms with van der Waals surface area (Å²) >= 11 is 0. The molecular weight excluding hydrogens is 421 g/mol. The zero-order chi connectivity index (χ0) is 22.5. The van der Waals surface area contributed by atoms with Crippen molar-refractivity contribution in [2.75, 3.05) is 26.8 Å². The predicted molar refractivity (Wildman–Crippen MR) is 123 cm³/mol. The van der Waals surface area contributed by atoms with Crippen molar-refractivity contribution in [3.8, 4) is 11.3 Å². The van der Waals surface area contributed by atoms with Crippen molar-refractivity contribution in [1.29, 1.82) is 0 Å². The van der Waals surface area contributed by atoms with Crippen LogP contribution in [0.5, 0.6) is 0 Å². The summed E-state index contributed by atoms with van der Waals surface area (Å²) in [6.07, 6.45) is 5.95. The number of ether oxygens (including phenoxy) is 1. The molecule has 3 aliphatic rings. The molecule has 4 heterocycles. The smallest absolute Gasteiger partial charge is 0.317 e. The van der Waals surface area contributed by atoms with Gasteiger partial charge in [0.25, 0.3) is 0 Å². The number of hydrogen-bond donors (Lipinski definition) is 1. The lowest BCUT2D eigenvalue weighted by atomic mass is 9.93. The monoisotopic (exact) mass is 449 g/mol. The Morgan fingerprint density at radius 2 is 1.97 bits per heavy atom. The summed E-state index contributed by atoms with van der Waals surface area (Å²) in [5.74, 6) is 1.53. The third-order valence-corrected chi connectivity index (χ3v) is 7.23. The van der Waals surface area contributed by atoms with Gasteiger partial charge in [-0.25, -0.2) is 14.2 Å². The molecule has 2 aromatic heterocycles. The van der Waals surface area contributed by atoms with Crippen molar-refractivity contribution < 1.29 is 13.9 Å². The first kappa shape index (κ1) is 20.6. The second-order valence-electron chi connectivity index (χ2n) is 9.31. The Morgan fingerprint density at radius 1 is 1.15 bits per heavy atom. The van der Waals surface area contributed by atoms with Crippen LogP contribution in [-0.2, 0) is 17.8 Å². The molecule has 1 N–H and O–H groups in total. The number of pyridine rings is 1. The highest BCUT2D eigenvalue weighted by atomic mass is 19.1. The van der Waals surface area contributed by atoms with Gasteiger partial charge in [0.15, 0.2) is 0 Å². The van der Waals surface area contributed by atoms with Gasteiger partial charge in [0.1, 0.15) is 11.6 Å². The normalized spacial score (nSPS) is 19.0. The van der Waals surface area contributed by atoms with Crippen molar-refractivity contribution in [2.45, 2.75) is 50.6 Å². The Balaban J connectivity index is 1.47. The molecule has 1 saturated carbocycles. The molecule has 2 fully saturated rings. The summed E-state index contributed by atoms with van der Waals surface area (Å²) < 4.78 is 23.1. The van der Waals surface area contributed by atoms with Crippen LogP contribution in [-0.4, -0.2) is 52.3 Å². The zero-order valence-corrected chi connectivity index (χ0v) is 18.8. The predicted octanol–water partition coefficient (Wildman–Crippen LogP) is 4.16. The van der Waals surface area contributed by atoms with Crippen LogP contribution >= 0.6 is 0 Å². The molecule has 1 saturated heterocycles. The molecule has 0 bridgehead atoms. The highest BCUT2D eigenvalue weighted by Gasteiger charge is 2.35. The summed E-state index contributed by atoms with van der Waals surface area (Å²) in [5.41, 5.74) is 3.09. The van der Waals surface area contributed by atoms with E-state index in [0.29, 0.717) is 42.7 Å². The van der Waals surface area contributed by atoms with Gasteiger partial charge >= 0.3 is 6.03 Å². The number of urea groups is 1. The van der Waals surface area contributed by atoms with Crippen LogP contribution in [0.2, 0.25) is 0 Å². The Labute approximate surface area is 192 Å². The standard InChI is InChI=1S/C25H28FN5O2/c1-27-25(32)30-8-9-31-21(14-30)23(29-24(31)16-2-3-16)22-18-13-28-20(15-6-10-33-11-7-15)12-17(18)4-5-19(22)26/h4-5,12-13,15-16H,2-3,6-11,14H2,1H3,(H,27,32). The first-order chi connectivity index (χ1) is 16.1. The van der Waals surface area contributed by atoms with Gasteiger partial charge in [-0.3, -0.25) is 4.98 Å². The molecular formula is C25H28FN5O2. The van der Waals surface area contributed by atoms with Gasteiger partial charge < -0.3 is 19.5 Å². The van der Waals surface area contributed by atoms with Crippen LogP contribution < -0.4 is 5.32 Å². The third kappa shape index (κ3) is 3.57. The summed E-state index contributed by atoms with van der Waals surface area (Å²) in [4.78, 5) is 23.8. The number of aromatic nitrogens is 3. The molecule has 1 aromatic carbocycles. The fourth-order valence-corrected chi connectivity index (χ4v) is 5.25. The number of hydrogen-bond acceptors (Lipinski definition) is 4. The molecule has 0 spiro atoms. The van der Waals surface area contributed by atoms with Crippen molar-refractivity contribution in [3.63, 3.8) is 0 Å². The van der Waals surface area contributed by atoms with E-state index in [4.69, 9.17) is 14.7 Å². The van der Waals surface area contributed by atoms with E-state index in [1.807, 2.05) is 6.07 Å². The van der Waals surface area contributed by atoms with E-state index in [1.54, 1.807) is 18.1 Å². The Kier molecular flexibility index (Phi) is 5.05. The Morgan fingerprint density at radius 3 is 2.73 bits per heavy atom. The van der Waals surface area contributed by atoms with E-state index >= 15 is 4.39 Å². The molecule has 1 aliphatic carbocycles. The maximum atomic E-state index is 15.4. The average molecular weight is 450 g/mol. The van der Waals surface area contributed by atoms with Crippen LogP contribution in [0.15, 0.2) is 24.4 Å². The number of halogens is 1. The van der Waals surface area contributed by atoms with E-state index in [0.717, 1.165) is 66.9 Å². The molecule has 0 unspecified atom stereocenters. The lowest BCUT2D eigenvalue weighted by molar-refractivity contribution is 0.0845. The molecule has 2 aliphatic heterocycles. The summed E-state index contributed by atoms with van der Waals surface area (Å²) in [6, 6.07) is 5.34. The van der Waals surface area contributed by atoms with Crippen LogP contribution in [0, 0.1) is 5.82 Å². The van der Waals surface area contributed by atoms with E-state index in [2.05, 4.69) is 16.0 Å². The number of imidazole rings is 1. The third-order valence-electron chi connectivity index (χ3n) is 7.23. The molecule has 0 radical (unpaired) electrons. The Hall–Kier alpha value is -3.00. The SMILES string of the molecule is CNC(=O)N1CCn2c(C3CC3)nc(-c3c(F)ccc4cc(C5CCOCC5)ncc34)c2C1. The lowest BCUT2D eigenvalue weighted by Crippen LogP contribution is -2.43. The number of nitrogens with one attached hydrogen (secondary N) is 1. The minimum atomic E-state index is -0.302. The van der Waals surface area contributed by atoms with Gasteiger partial charge in [0, 0.05) is 68.0 Å². The van der Waals surface area contributed by atoms with Crippen LogP contribution in [0.3, 0.4) is 0 Å². The second kappa shape index (κ2) is 8.09. The van der Waals surface area contributed by atoms with E-state index in [1.165, 1.54) is 6.07 Å². The fourth-order valence-electron chi connectivity index (χ4n) is 5.25. The summed E-state index contributed by atoms with van der Waals surface area (Å²) in [6.45, 7) is 3.23. The average Bonchev–Trinajstić information content (AvgIpc) is 3.64. The molecule has 172 valence electrons.